The van der Waals surface area contributed by atoms with Crippen molar-refractivity contribution in [3.63, 3.8) is 0 Å². The summed E-state index contributed by atoms with van der Waals surface area (Å²) in [5.74, 6) is -0.0404. The van der Waals surface area contributed by atoms with Crippen LogP contribution >= 0.6 is 11.8 Å². The molecule has 1 saturated heterocycles. The van der Waals surface area contributed by atoms with Crippen molar-refractivity contribution in [2.24, 2.45) is 0 Å². The minimum absolute atomic E-state index is 0.0150. The van der Waals surface area contributed by atoms with Crippen molar-refractivity contribution in [1.29, 1.82) is 0 Å². The molecule has 0 spiro atoms. The number of amides is 2. The van der Waals surface area contributed by atoms with E-state index in [9.17, 15) is 9.59 Å². The van der Waals surface area contributed by atoms with E-state index in [0.717, 1.165) is 30.4 Å². The fourth-order valence-corrected chi connectivity index (χ4v) is 5.97. The van der Waals surface area contributed by atoms with Gasteiger partial charge in [0.25, 0.3) is 5.91 Å². The summed E-state index contributed by atoms with van der Waals surface area (Å²) < 4.78 is -0.304. The minimum Gasteiger partial charge on any atom is -0.354 e. The summed E-state index contributed by atoms with van der Waals surface area (Å²) >= 11 is 1.72. The Morgan fingerprint density at radius 3 is 2.88 bits per heavy atom. The standard InChI is InChI=1S/C21H26N2O2S/c1-21(2)17(18(24)22-13-12-14-8-4-3-5-9-14)23-19(25)15-10-6-7-11-16(15)20(23)26-21/h6-8,10-11,17,20H,3-5,9,12-13H2,1-2H3,(H,22,24)/t17-,20+/m1/s1. The third-order valence-electron chi connectivity index (χ3n) is 5.68. The average Bonchev–Trinajstić information content (AvgIpc) is 3.06. The number of nitrogens with one attached hydrogen (secondary N) is 1. The number of allylic oxidation sites excluding steroid dienone is 1. The molecule has 4 nitrogen and oxygen atoms in total. The topological polar surface area (TPSA) is 49.4 Å². The molecular weight excluding hydrogens is 344 g/mol. The lowest BCUT2D eigenvalue weighted by molar-refractivity contribution is -0.126. The fraction of sp³-hybridized carbons (Fsp3) is 0.524. The summed E-state index contributed by atoms with van der Waals surface area (Å²) in [5, 5.41) is 3.05. The molecule has 1 aliphatic carbocycles. The third-order valence-corrected chi connectivity index (χ3v) is 7.21. The quantitative estimate of drug-likeness (QED) is 0.814. The summed E-state index contributed by atoms with van der Waals surface area (Å²) in [6, 6.07) is 7.30. The van der Waals surface area contributed by atoms with Gasteiger partial charge in [-0.25, -0.2) is 0 Å². The Morgan fingerprint density at radius 2 is 2.12 bits per heavy atom. The van der Waals surface area contributed by atoms with Crippen LogP contribution in [0.25, 0.3) is 0 Å². The molecular formula is C21H26N2O2S. The Hall–Kier alpha value is -1.75. The van der Waals surface area contributed by atoms with Gasteiger partial charge in [-0.3, -0.25) is 9.59 Å². The lowest BCUT2D eigenvalue weighted by atomic mass is 9.97. The lowest BCUT2D eigenvalue weighted by Crippen LogP contribution is -2.52. The Morgan fingerprint density at radius 1 is 1.31 bits per heavy atom. The highest BCUT2D eigenvalue weighted by Gasteiger charge is 2.57. The van der Waals surface area contributed by atoms with Crippen molar-refractivity contribution in [2.75, 3.05) is 6.54 Å². The predicted octanol–water partition coefficient (Wildman–Crippen LogP) is 4.04. The first-order valence-electron chi connectivity index (χ1n) is 9.54. The molecule has 0 unspecified atom stereocenters. The number of benzene rings is 1. The van der Waals surface area contributed by atoms with E-state index in [4.69, 9.17) is 0 Å². The molecule has 26 heavy (non-hydrogen) atoms. The molecule has 3 aliphatic rings. The Bertz CT molecular complexity index is 771. The summed E-state index contributed by atoms with van der Waals surface area (Å²) in [4.78, 5) is 27.7. The van der Waals surface area contributed by atoms with Gasteiger partial charge in [0.05, 0.1) is 0 Å². The zero-order valence-corrected chi connectivity index (χ0v) is 16.3. The van der Waals surface area contributed by atoms with Crippen molar-refractivity contribution in [2.45, 2.75) is 62.1 Å². The number of rotatable bonds is 4. The van der Waals surface area contributed by atoms with Crippen molar-refractivity contribution in [1.82, 2.24) is 10.2 Å². The Balaban J connectivity index is 1.48. The van der Waals surface area contributed by atoms with Gasteiger partial charge in [-0.1, -0.05) is 29.8 Å². The molecule has 2 amide bonds. The molecule has 0 bridgehead atoms. The van der Waals surface area contributed by atoms with E-state index in [1.807, 2.05) is 24.3 Å². The van der Waals surface area contributed by atoms with Crippen LogP contribution in [0, 0.1) is 0 Å². The first-order valence-corrected chi connectivity index (χ1v) is 10.4. The van der Waals surface area contributed by atoms with Gasteiger partial charge in [0.15, 0.2) is 0 Å². The van der Waals surface area contributed by atoms with Crippen molar-refractivity contribution in [3.05, 3.63) is 47.0 Å². The SMILES string of the molecule is CC1(C)S[C@H]2c3ccccc3C(=O)N2[C@@H]1C(=O)NCCC1=CCCCC1. The van der Waals surface area contributed by atoms with Crippen LogP contribution in [0.1, 0.15) is 67.2 Å². The number of nitrogens with zero attached hydrogens (tertiary/aromatic N) is 1. The zero-order chi connectivity index (χ0) is 18.3. The van der Waals surface area contributed by atoms with Gasteiger partial charge < -0.3 is 10.2 Å². The van der Waals surface area contributed by atoms with Crippen LogP contribution in [0.2, 0.25) is 0 Å². The van der Waals surface area contributed by atoms with E-state index >= 15 is 0 Å². The Kier molecular flexibility index (Phi) is 4.59. The molecule has 0 radical (unpaired) electrons. The number of carbonyl (C=O) groups excluding carboxylic acids is 2. The molecule has 1 aromatic carbocycles. The third kappa shape index (κ3) is 2.96. The molecule has 2 heterocycles. The fourth-order valence-electron chi connectivity index (χ4n) is 4.38. The van der Waals surface area contributed by atoms with Gasteiger partial charge in [0, 0.05) is 16.9 Å². The molecule has 5 heteroatoms. The molecule has 1 fully saturated rings. The van der Waals surface area contributed by atoms with Crippen LogP contribution in [0.4, 0.5) is 0 Å². The maximum absolute atomic E-state index is 13.0. The number of hydrogen-bond acceptors (Lipinski definition) is 3. The molecule has 138 valence electrons. The van der Waals surface area contributed by atoms with E-state index in [1.54, 1.807) is 16.7 Å². The highest BCUT2D eigenvalue weighted by Crippen LogP contribution is 2.56. The predicted molar refractivity (Wildman–Crippen MR) is 105 cm³/mol. The van der Waals surface area contributed by atoms with Crippen molar-refractivity contribution >= 4 is 23.6 Å². The summed E-state index contributed by atoms with van der Waals surface area (Å²) in [5.41, 5.74) is 3.24. The van der Waals surface area contributed by atoms with E-state index in [2.05, 4.69) is 25.2 Å². The van der Waals surface area contributed by atoms with Crippen LogP contribution in [-0.2, 0) is 4.79 Å². The maximum Gasteiger partial charge on any atom is 0.256 e. The van der Waals surface area contributed by atoms with Crippen LogP contribution in [0.3, 0.4) is 0 Å². The number of fused-ring (bicyclic) bond motifs is 3. The Labute approximate surface area is 159 Å². The number of carbonyl (C=O) groups is 2. The molecule has 4 rings (SSSR count). The normalized spacial score (nSPS) is 26.3. The largest absolute Gasteiger partial charge is 0.354 e. The van der Waals surface area contributed by atoms with E-state index in [0.29, 0.717) is 6.54 Å². The highest BCUT2D eigenvalue weighted by molar-refractivity contribution is 8.01. The summed E-state index contributed by atoms with van der Waals surface area (Å²) in [7, 11) is 0. The van der Waals surface area contributed by atoms with Gasteiger partial charge in [-0.2, -0.15) is 0 Å². The van der Waals surface area contributed by atoms with Crippen LogP contribution in [0.15, 0.2) is 35.9 Å². The van der Waals surface area contributed by atoms with Gasteiger partial charge in [0.1, 0.15) is 11.4 Å². The average molecular weight is 371 g/mol. The molecule has 2 aliphatic heterocycles. The van der Waals surface area contributed by atoms with Gasteiger partial charge in [-0.15, -0.1) is 11.8 Å². The second kappa shape index (κ2) is 6.76. The zero-order valence-electron chi connectivity index (χ0n) is 15.5. The molecule has 1 N–H and O–H groups in total. The number of hydrogen-bond donors (Lipinski definition) is 1. The van der Waals surface area contributed by atoms with Crippen LogP contribution in [0.5, 0.6) is 0 Å². The maximum atomic E-state index is 13.0. The second-order valence-corrected chi connectivity index (χ2v) is 9.66. The monoisotopic (exact) mass is 370 g/mol. The smallest absolute Gasteiger partial charge is 0.256 e. The summed E-state index contributed by atoms with van der Waals surface area (Å²) in [6.07, 6.45) is 8.10. The number of thioether (sulfide) groups is 1. The molecule has 1 aromatic rings. The van der Waals surface area contributed by atoms with Crippen LogP contribution < -0.4 is 5.32 Å². The van der Waals surface area contributed by atoms with E-state index < -0.39 is 6.04 Å². The molecule has 0 saturated carbocycles. The molecule has 2 atom stereocenters. The van der Waals surface area contributed by atoms with Gasteiger partial charge in [-0.05, 0) is 57.6 Å². The highest BCUT2D eigenvalue weighted by atomic mass is 32.2. The van der Waals surface area contributed by atoms with E-state index in [1.165, 1.54) is 18.4 Å². The summed E-state index contributed by atoms with van der Waals surface area (Å²) in [6.45, 7) is 4.79. The first-order chi connectivity index (χ1) is 12.5. The molecule has 0 aromatic heterocycles. The minimum atomic E-state index is -0.433. The first kappa shape index (κ1) is 17.7. The van der Waals surface area contributed by atoms with Crippen LogP contribution in [-0.4, -0.2) is 34.0 Å². The van der Waals surface area contributed by atoms with Crippen molar-refractivity contribution in [3.8, 4) is 0 Å². The van der Waals surface area contributed by atoms with Gasteiger partial charge >= 0.3 is 0 Å². The second-order valence-electron chi connectivity index (χ2n) is 7.93. The van der Waals surface area contributed by atoms with Gasteiger partial charge in [0.2, 0.25) is 5.91 Å². The van der Waals surface area contributed by atoms with E-state index in [-0.39, 0.29) is 21.9 Å². The van der Waals surface area contributed by atoms with Crippen molar-refractivity contribution < 1.29 is 9.59 Å². The lowest BCUT2D eigenvalue weighted by Gasteiger charge is -2.29.